The third-order valence-corrected chi connectivity index (χ3v) is 2.79. The van der Waals surface area contributed by atoms with Crippen molar-refractivity contribution in [2.45, 2.75) is 12.5 Å². The van der Waals surface area contributed by atoms with E-state index in [1.807, 2.05) is 12.1 Å². The van der Waals surface area contributed by atoms with Crippen LogP contribution in [0, 0.1) is 0 Å². The van der Waals surface area contributed by atoms with Crippen LogP contribution in [0.4, 0.5) is 0 Å². The second-order valence-corrected chi connectivity index (χ2v) is 3.77. The van der Waals surface area contributed by atoms with Gasteiger partial charge in [0.15, 0.2) is 0 Å². The molecule has 1 aliphatic heterocycles. The van der Waals surface area contributed by atoms with E-state index in [0.717, 1.165) is 38.5 Å². The highest BCUT2D eigenvalue weighted by Crippen LogP contribution is 2.20. The first-order chi connectivity index (χ1) is 7.42. The molecule has 1 aromatic heterocycles. The molecule has 0 amide bonds. The number of hydrogen-bond donors (Lipinski definition) is 1. The minimum absolute atomic E-state index is 0.196. The van der Waals surface area contributed by atoms with Gasteiger partial charge in [-0.25, -0.2) is 0 Å². The maximum atomic E-state index is 5.80. The van der Waals surface area contributed by atoms with Crippen LogP contribution in [0.1, 0.15) is 18.2 Å². The van der Waals surface area contributed by atoms with Crippen molar-refractivity contribution in [3.05, 3.63) is 24.2 Å². The average molecular weight is 210 g/mol. The number of ether oxygens (including phenoxy) is 1. The Labute approximate surface area is 90.0 Å². The molecule has 1 atom stereocenters. The smallest absolute Gasteiger partial charge is 0.122 e. The highest BCUT2D eigenvalue weighted by atomic mass is 16.5. The molecule has 0 bridgehead atoms. The summed E-state index contributed by atoms with van der Waals surface area (Å²) in [5.41, 5.74) is 5.80. The Hall–Kier alpha value is -0.840. The van der Waals surface area contributed by atoms with Gasteiger partial charge in [0.05, 0.1) is 18.9 Å². The summed E-state index contributed by atoms with van der Waals surface area (Å²) in [6.45, 7) is 4.20. The van der Waals surface area contributed by atoms with Crippen LogP contribution in [-0.4, -0.2) is 37.7 Å². The Morgan fingerprint density at radius 1 is 1.40 bits per heavy atom. The summed E-state index contributed by atoms with van der Waals surface area (Å²) in [4.78, 5) is 2.34. The first kappa shape index (κ1) is 10.7. The van der Waals surface area contributed by atoms with Gasteiger partial charge >= 0.3 is 0 Å². The largest absolute Gasteiger partial charge is 0.468 e. The highest BCUT2D eigenvalue weighted by molar-refractivity contribution is 5.05. The van der Waals surface area contributed by atoms with Crippen LogP contribution in [-0.2, 0) is 4.74 Å². The van der Waals surface area contributed by atoms with Crippen molar-refractivity contribution < 1.29 is 9.15 Å². The maximum absolute atomic E-state index is 5.80. The molecule has 0 radical (unpaired) electrons. The van der Waals surface area contributed by atoms with Crippen LogP contribution in [0.5, 0.6) is 0 Å². The van der Waals surface area contributed by atoms with E-state index >= 15 is 0 Å². The lowest BCUT2D eigenvalue weighted by Crippen LogP contribution is -2.35. The summed E-state index contributed by atoms with van der Waals surface area (Å²) < 4.78 is 10.8. The van der Waals surface area contributed by atoms with Crippen molar-refractivity contribution >= 4 is 0 Å². The fraction of sp³-hybridized carbons (Fsp3) is 0.636. The van der Waals surface area contributed by atoms with Gasteiger partial charge in [0.1, 0.15) is 5.76 Å². The van der Waals surface area contributed by atoms with Crippen LogP contribution < -0.4 is 5.73 Å². The van der Waals surface area contributed by atoms with Gasteiger partial charge in [-0.2, -0.15) is 0 Å². The van der Waals surface area contributed by atoms with E-state index < -0.39 is 0 Å². The normalized spacial score (nSPS) is 21.1. The zero-order valence-corrected chi connectivity index (χ0v) is 8.89. The van der Waals surface area contributed by atoms with Gasteiger partial charge < -0.3 is 14.9 Å². The molecule has 0 aliphatic carbocycles. The summed E-state index contributed by atoms with van der Waals surface area (Å²) in [7, 11) is 0. The summed E-state index contributed by atoms with van der Waals surface area (Å²) >= 11 is 0. The molecule has 2 rings (SSSR count). The van der Waals surface area contributed by atoms with Crippen molar-refractivity contribution in [2.75, 3.05) is 32.8 Å². The van der Waals surface area contributed by atoms with Crippen molar-refractivity contribution in [3.8, 4) is 0 Å². The van der Waals surface area contributed by atoms with Crippen molar-refractivity contribution in [1.29, 1.82) is 0 Å². The molecule has 0 spiro atoms. The zero-order chi connectivity index (χ0) is 10.5. The highest BCUT2D eigenvalue weighted by Gasteiger charge is 2.22. The third kappa shape index (κ3) is 2.59. The van der Waals surface area contributed by atoms with E-state index in [-0.39, 0.29) is 6.04 Å². The second-order valence-electron chi connectivity index (χ2n) is 3.77. The molecule has 1 aliphatic rings. The molecule has 2 heterocycles. The zero-order valence-electron chi connectivity index (χ0n) is 8.89. The number of furan rings is 1. The maximum Gasteiger partial charge on any atom is 0.122 e. The van der Waals surface area contributed by atoms with Gasteiger partial charge in [-0.1, -0.05) is 0 Å². The number of rotatable bonds is 3. The lowest BCUT2D eigenvalue weighted by atomic mass is 10.2. The van der Waals surface area contributed by atoms with Crippen molar-refractivity contribution in [1.82, 2.24) is 4.90 Å². The Kier molecular flexibility index (Phi) is 3.77. The van der Waals surface area contributed by atoms with Gasteiger partial charge in [0, 0.05) is 26.2 Å². The Morgan fingerprint density at radius 2 is 2.33 bits per heavy atom. The lowest BCUT2D eigenvalue weighted by Gasteiger charge is -2.27. The van der Waals surface area contributed by atoms with Crippen molar-refractivity contribution in [3.63, 3.8) is 0 Å². The first-order valence-electron chi connectivity index (χ1n) is 5.47. The van der Waals surface area contributed by atoms with Gasteiger partial charge in [0.2, 0.25) is 0 Å². The Morgan fingerprint density at radius 3 is 3.07 bits per heavy atom. The molecule has 15 heavy (non-hydrogen) atoms. The van der Waals surface area contributed by atoms with Gasteiger partial charge in [-0.3, -0.25) is 4.90 Å². The molecule has 1 aromatic rings. The standard InChI is InChI=1S/C11H18N2O2/c12-9-10(11-3-1-7-15-11)13-4-2-6-14-8-5-13/h1,3,7,10H,2,4-6,8-9,12H2. The minimum atomic E-state index is 0.196. The predicted molar refractivity (Wildman–Crippen MR) is 57.5 cm³/mol. The van der Waals surface area contributed by atoms with E-state index in [1.165, 1.54) is 0 Å². The fourth-order valence-corrected chi connectivity index (χ4v) is 2.00. The van der Waals surface area contributed by atoms with E-state index in [0.29, 0.717) is 6.54 Å². The van der Waals surface area contributed by atoms with Crippen LogP contribution in [0.3, 0.4) is 0 Å². The summed E-state index contributed by atoms with van der Waals surface area (Å²) in [5, 5.41) is 0. The van der Waals surface area contributed by atoms with Gasteiger partial charge in [0.25, 0.3) is 0 Å². The quantitative estimate of drug-likeness (QED) is 0.808. The van der Waals surface area contributed by atoms with Gasteiger partial charge in [-0.05, 0) is 18.6 Å². The van der Waals surface area contributed by atoms with E-state index in [1.54, 1.807) is 6.26 Å². The van der Waals surface area contributed by atoms with Gasteiger partial charge in [-0.15, -0.1) is 0 Å². The lowest BCUT2D eigenvalue weighted by molar-refractivity contribution is 0.128. The number of nitrogens with two attached hydrogens (primary N) is 1. The minimum Gasteiger partial charge on any atom is -0.468 e. The molecule has 0 aromatic carbocycles. The molecule has 1 unspecified atom stereocenters. The fourth-order valence-electron chi connectivity index (χ4n) is 2.00. The van der Waals surface area contributed by atoms with Crippen LogP contribution in [0.15, 0.2) is 22.8 Å². The molecule has 0 saturated carbocycles. The van der Waals surface area contributed by atoms with E-state index in [2.05, 4.69) is 4.90 Å². The molecular weight excluding hydrogens is 192 g/mol. The van der Waals surface area contributed by atoms with Crippen LogP contribution in [0.2, 0.25) is 0 Å². The first-order valence-corrected chi connectivity index (χ1v) is 5.47. The van der Waals surface area contributed by atoms with Crippen LogP contribution >= 0.6 is 0 Å². The Bertz CT molecular complexity index is 266. The molecule has 84 valence electrons. The second kappa shape index (κ2) is 5.30. The molecule has 4 nitrogen and oxygen atoms in total. The monoisotopic (exact) mass is 210 g/mol. The van der Waals surface area contributed by atoms with E-state index in [4.69, 9.17) is 14.9 Å². The number of nitrogens with zero attached hydrogens (tertiary/aromatic N) is 1. The molecule has 4 heteroatoms. The molecule has 1 fully saturated rings. The molecule has 2 N–H and O–H groups in total. The summed E-state index contributed by atoms with van der Waals surface area (Å²) in [6, 6.07) is 4.09. The Balaban J connectivity index is 2.04. The summed E-state index contributed by atoms with van der Waals surface area (Å²) in [5.74, 6) is 0.958. The number of hydrogen-bond acceptors (Lipinski definition) is 4. The topological polar surface area (TPSA) is 51.6 Å². The van der Waals surface area contributed by atoms with Crippen LogP contribution in [0.25, 0.3) is 0 Å². The summed E-state index contributed by atoms with van der Waals surface area (Å²) in [6.07, 6.45) is 2.77. The average Bonchev–Trinajstić information content (AvgIpc) is 2.63. The van der Waals surface area contributed by atoms with E-state index in [9.17, 15) is 0 Å². The third-order valence-electron chi connectivity index (χ3n) is 2.79. The molecular formula is C11H18N2O2. The predicted octanol–water partition coefficient (Wildman–Crippen LogP) is 1.00. The SMILES string of the molecule is NCC(c1ccco1)N1CCCOCC1. The van der Waals surface area contributed by atoms with Crippen molar-refractivity contribution in [2.24, 2.45) is 5.73 Å². The molecule has 1 saturated heterocycles.